The summed E-state index contributed by atoms with van der Waals surface area (Å²) < 4.78 is 0. The molecule has 0 spiro atoms. The molecule has 88 valence electrons. The van der Waals surface area contributed by atoms with Crippen molar-refractivity contribution in [3.8, 4) is 5.75 Å². The molecule has 0 aliphatic rings. The summed E-state index contributed by atoms with van der Waals surface area (Å²) in [4.78, 5) is 11.6. The molecule has 0 aliphatic heterocycles. The third-order valence-corrected chi connectivity index (χ3v) is 2.43. The standard InChI is InChI=1S/C12H18N2O2/c1-3-5-9(13)12(16)14-10-7-4-6-8(2)11(10)15/h4,6-7,9,15H,3,5,13H2,1-2H3,(H,14,16)/t9-/m1/s1. The summed E-state index contributed by atoms with van der Waals surface area (Å²) in [6.07, 6.45) is 1.49. The van der Waals surface area contributed by atoms with Gasteiger partial charge in [0.25, 0.3) is 0 Å². The maximum atomic E-state index is 11.6. The monoisotopic (exact) mass is 222 g/mol. The van der Waals surface area contributed by atoms with E-state index in [1.807, 2.05) is 6.92 Å². The molecule has 1 rings (SSSR count). The second kappa shape index (κ2) is 5.51. The lowest BCUT2D eigenvalue weighted by Gasteiger charge is -2.12. The van der Waals surface area contributed by atoms with E-state index in [2.05, 4.69) is 5.32 Å². The van der Waals surface area contributed by atoms with E-state index in [1.54, 1.807) is 25.1 Å². The molecule has 0 aromatic heterocycles. The van der Waals surface area contributed by atoms with E-state index < -0.39 is 6.04 Å². The zero-order valence-electron chi connectivity index (χ0n) is 9.66. The van der Waals surface area contributed by atoms with Crippen LogP contribution in [0.15, 0.2) is 18.2 Å². The highest BCUT2D eigenvalue weighted by Crippen LogP contribution is 2.26. The quantitative estimate of drug-likeness (QED) is 0.679. The van der Waals surface area contributed by atoms with Crippen molar-refractivity contribution in [3.05, 3.63) is 23.8 Å². The molecule has 0 unspecified atom stereocenters. The first kappa shape index (κ1) is 12.5. The van der Waals surface area contributed by atoms with Gasteiger partial charge in [0, 0.05) is 0 Å². The third kappa shape index (κ3) is 2.97. The Kier molecular flexibility index (Phi) is 4.31. The number of hydrogen-bond acceptors (Lipinski definition) is 3. The molecule has 0 fully saturated rings. The number of anilines is 1. The van der Waals surface area contributed by atoms with E-state index in [4.69, 9.17) is 5.73 Å². The number of phenolic OH excluding ortho intramolecular Hbond substituents is 1. The van der Waals surface area contributed by atoms with Crippen LogP contribution in [-0.2, 0) is 4.79 Å². The minimum atomic E-state index is -0.523. The molecule has 4 N–H and O–H groups in total. The van der Waals surface area contributed by atoms with Gasteiger partial charge in [0.05, 0.1) is 11.7 Å². The van der Waals surface area contributed by atoms with Crippen LogP contribution in [0.2, 0.25) is 0 Å². The summed E-state index contributed by atoms with van der Waals surface area (Å²) in [5.41, 5.74) is 6.81. The molecule has 0 heterocycles. The Bertz CT molecular complexity index is 377. The van der Waals surface area contributed by atoms with Crippen molar-refractivity contribution in [1.29, 1.82) is 0 Å². The van der Waals surface area contributed by atoms with E-state index >= 15 is 0 Å². The van der Waals surface area contributed by atoms with Gasteiger partial charge in [-0.3, -0.25) is 4.79 Å². The van der Waals surface area contributed by atoms with Crippen LogP contribution in [0.4, 0.5) is 5.69 Å². The van der Waals surface area contributed by atoms with Crippen LogP contribution in [0.3, 0.4) is 0 Å². The molecule has 4 nitrogen and oxygen atoms in total. The molecule has 0 radical (unpaired) electrons. The van der Waals surface area contributed by atoms with E-state index in [-0.39, 0.29) is 11.7 Å². The Morgan fingerprint density at radius 1 is 1.56 bits per heavy atom. The van der Waals surface area contributed by atoms with Crippen molar-refractivity contribution in [3.63, 3.8) is 0 Å². The number of benzene rings is 1. The van der Waals surface area contributed by atoms with Crippen LogP contribution in [-0.4, -0.2) is 17.1 Å². The number of aryl methyl sites for hydroxylation is 1. The molecule has 0 bridgehead atoms. The summed E-state index contributed by atoms with van der Waals surface area (Å²) in [6, 6.07) is 4.68. The largest absolute Gasteiger partial charge is 0.505 e. The van der Waals surface area contributed by atoms with Crippen molar-refractivity contribution in [2.75, 3.05) is 5.32 Å². The van der Waals surface area contributed by atoms with Crippen molar-refractivity contribution >= 4 is 11.6 Å². The predicted octanol–water partition coefficient (Wildman–Crippen LogP) is 1.77. The van der Waals surface area contributed by atoms with Gasteiger partial charge in [0.15, 0.2) is 0 Å². The number of nitrogens with one attached hydrogen (secondary N) is 1. The van der Waals surface area contributed by atoms with Crippen LogP contribution in [0.5, 0.6) is 5.75 Å². The Labute approximate surface area is 95.5 Å². The second-order valence-electron chi connectivity index (χ2n) is 3.86. The zero-order chi connectivity index (χ0) is 12.1. The molecule has 1 amide bonds. The molecule has 0 aliphatic carbocycles. The number of rotatable bonds is 4. The van der Waals surface area contributed by atoms with Gasteiger partial charge in [0.1, 0.15) is 5.75 Å². The normalized spacial score (nSPS) is 12.2. The average molecular weight is 222 g/mol. The summed E-state index contributed by atoms with van der Waals surface area (Å²) in [5, 5.41) is 12.3. The minimum absolute atomic E-state index is 0.0968. The van der Waals surface area contributed by atoms with E-state index in [1.165, 1.54) is 0 Å². The van der Waals surface area contributed by atoms with Crippen LogP contribution < -0.4 is 11.1 Å². The highest BCUT2D eigenvalue weighted by Gasteiger charge is 2.14. The summed E-state index contributed by atoms with van der Waals surface area (Å²) in [7, 11) is 0. The van der Waals surface area contributed by atoms with Gasteiger partial charge in [-0.25, -0.2) is 0 Å². The second-order valence-corrected chi connectivity index (χ2v) is 3.86. The molecule has 0 saturated heterocycles. The van der Waals surface area contributed by atoms with E-state index in [0.717, 1.165) is 12.0 Å². The summed E-state index contributed by atoms with van der Waals surface area (Å²) in [6.45, 7) is 3.74. The molecule has 16 heavy (non-hydrogen) atoms. The van der Waals surface area contributed by atoms with Gasteiger partial charge in [-0.1, -0.05) is 25.5 Å². The maximum absolute atomic E-state index is 11.6. The van der Waals surface area contributed by atoms with E-state index in [0.29, 0.717) is 12.1 Å². The third-order valence-electron chi connectivity index (χ3n) is 2.43. The molecule has 1 aromatic carbocycles. The zero-order valence-corrected chi connectivity index (χ0v) is 9.66. The first-order valence-corrected chi connectivity index (χ1v) is 5.41. The number of carbonyl (C=O) groups is 1. The predicted molar refractivity (Wildman–Crippen MR) is 64.4 cm³/mol. The molecule has 1 aromatic rings. The Hall–Kier alpha value is -1.55. The Morgan fingerprint density at radius 3 is 2.88 bits per heavy atom. The fraction of sp³-hybridized carbons (Fsp3) is 0.417. The number of amides is 1. The lowest BCUT2D eigenvalue weighted by Crippen LogP contribution is -2.35. The van der Waals surface area contributed by atoms with E-state index in [9.17, 15) is 9.90 Å². The fourth-order valence-corrected chi connectivity index (χ4v) is 1.43. The number of nitrogens with two attached hydrogens (primary N) is 1. The first-order chi connectivity index (χ1) is 7.56. The van der Waals surface area contributed by atoms with Gasteiger partial charge >= 0.3 is 0 Å². The topological polar surface area (TPSA) is 75.4 Å². The number of aromatic hydroxyl groups is 1. The van der Waals surface area contributed by atoms with Crippen molar-refractivity contribution in [1.82, 2.24) is 0 Å². The number of hydrogen-bond donors (Lipinski definition) is 3. The number of para-hydroxylation sites is 1. The maximum Gasteiger partial charge on any atom is 0.241 e. The van der Waals surface area contributed by atoms with Crippen molar-refractivity contribution < 1.29 is 9.90 Å². The van der Waals surface area contributed by atoms with Gasteiger partial charge in [-0.05, 0) is 25.0 Å². The molecule has 0 saturated carbocycles. The summed E-state index contributed by atoms with van der Waals surface area (Å²) in [5.74, 6) is -0.165. The van der Waals surface area contributed by atoms with Gasteiger partial charge in [-0.15, -0.1) is 0 Å². The van der Waals surface area contributed by atoms with Gasteiger partial charge < -0.3 is 16.2 Å². The van der Waals surface area contributed by atoms with Crippen molar-refractivity contribution in [2.24, 2.45) is 5.73 Å². The lowest BCUT2D eigenvalue weighted by atomic mass is 10.1. The van der Waals surface area contributed by atoms with Gasteiger partial charge in [0.2, 0.25) is 5.91 Å². The summed E-state index contributed by atoms with van der Waals surface area (Å²) >= 11 is 0. The molecular formula is C12H18N2O2. The fourth-order valence-electron chi connectivity index (χ4n) is 1.43. The van der Waals surface area contributed by atoms with Crippen LogP contribution >= 0.6 is 0 Å². The highest BCUT2D eigenvalue weighted by atomic mass is 16.3. The van der Waals surface area contributed by atoms with Gasteiger partial charge in [-0.2, -0.15) is 0 Å². The first-order valence-electron chi connectivity index (χ1n) is 5.41. The smallest absolute Gasteiger partial charge is 0.241 e. The molecule has 4 heteroatoms. The highest BCUT2D eigenvalue weighted by molar-refractivity contribution is 5.96. The Balaban J connectivity index is 2.73. The van der Waals surface area contributed by atoms with Crippen LogP contribution in [0.25, 0.3) is 0 Å². The SMILES string of the molecule is CCC[C@@H](N)C(=O)Nc1cccc(C)c1O. The minimum Gasteiger partial charge on any atom is -0.505 e. The van der Waals surface area contributed by atoms with Crippen LogP contribution in [0.1, 0.15) is 25.3 Å². The molecular weight excluding hydrogens is 204 g/mol. The van der Waals surface area contributed by atoms with Crippen molar-refractivity contribution in [2.45, 2.75) is 32.7 Å². The van der Waals surface area contributed by atoms with Crippen LogP contribution in [0, 0.1) is 6.92 Å². The number of phenols is 1. The average Bonchev–Trinajstić information content (AvgIpc) is 2.25. The Morgan fingerprint density at radius 2 is 2.25 bits per heavy atom. The lowest BCUT2D eigenvalue weighted by molar-refractivity contribution is -0.117. The molecule has 1 atom stereocenters. The number of carbonyl (C=O) groups excluding carboxylic acids is 1.